The number of carbonyl (C=O) groups excluding carboxylic acids is 1. The van der Waals surface area contributed by atoms with Gasteiger partial charge in [0.25, 0.3) is 0 Å². The monoisotopic (exact) mass is 238 g/mol. The first-order valence-electron chi connectivity index (χ1n) is 7.02. The van der Waals surface area contributed by atoms with E-state index in [-0.39, 0.29) is 11.3 Å². The second-order valence-corrected chi connectivity index (χ2v) is 6.60. The Labute approximate surface area is 105 Å². The van der Waals surface area contributed by atoms with Crippen LogP contribution in [0.4, 0.5) is 0 Å². The van der Waals surface area contributed by atoms with Crippen LogP contribution >= 0.6 is 0 Å². The molecule has 3 atom stereocenters. The fourth-order valence-electron chi connectivity index (χ4n) is 3.50. The van der Waals surface area contributed by atoms with Crippen molar-refractivity contribution in [1.29, 1.82) is 0 Å². The summed E-state index contributed by atoms with van der Waals surface area (Å²) in [6.07, 6.45) is 7.70. The zero-order valence-electron chi connectivity index (χ0n) is 11.2. The van der Waals surface area contributed by atoms with Crippen LogP contribution in [-0.2, 0) is 4.79 Å². The first-order valence-corrected chi connectivity index (χ1v) is 7.02. The number of fused-ring (bicyclic) bond motifs is 1. The molecule has 2 rings (SSSR count). The maximum atomic E-state index is 11.4. The Morgan fingerprint density at radius 2 is 1.94 bits per heavy atom. The third-order valence-corrected chi connectivity index (χ3v) is 4.75. The summed E-state index contributed by atoms with van der Waals surface area (Å²) in [5.41, 5.74) is 5.08. The molecule has 2 fully saturated rings. The van der Waals surface area contributed by atoms with Gasteiger partial charge in [-0.3, -0.25) is 4.79 Å². The first-order chi connectivity index (χ1) is 7.99. The molecule has 3 N–H and O–H groups in total. The molecule has 3 nitrogen and oxygen atoms in total. The summed E-state index contributed by atoms with van der Waals surface area (Å²) in [5, 5.41) is 3.62. The van der Waals surface area contributed by atoms with E-state index in [2.05, 4.69) is 5.32 Å². The Hall–Kier alpha value is -0.570. The zero-order valence-corrected chi connectivity index (χ0v) is 11.2. The summed E-state index contributed by atoms with van der Waals surface area (Å²) in [7, 11) is 0. The van der Waals surface area contributed by atoms with E-state index in [0.717, 1.165) is 24.8 Å². The molecule has 0 radical (unpaired) electrons. The highest BCUT2D eigenvalue weighted by Crippen LogP contribution is 2.37. The van der Waals surface area contributed by atoms with Crippen LogP contribution in [0.1, 0.15) is 52.4 Å². The highest BCUT2D eigenvalue weighted by atomic mass is 16.1. The lowest BCUT2D eigenvalue weighted by atomic mass is 9.71. The molecule has 0 aromatic carbocycles. The summed E-state index contributed by atoms with van der Waals surface area (Å²) in [4.78, 5) is 11.4. The predicted molar refractivity (Wildman–Crippen MR) is 69.4 cm³/mol. The third-order valence-electron chi connectivity index (χ3n) is 4.75. The molecule has 1 aliphatic carbocycles. The van der Waals surface area contributed by atoms with E-state index in [1.54, 1.807) is 0 Å². The van der Waals surface area contributed by atoms with Crippen molar-refractivity contribution in [2.24, 2.45) is 23.0 Å². The summed E-state index contributed by atoms with van der Waals surface area (Å²) >= 11 is 0. The fourth-order valence-corrected chi connectivity index (χ4v) is 3.50. The number of primary amides is 1. The number of hydrogen-bond acceptors (Lipinski definition) is 2. The topological polar surface area (TPSA) is 55.1 Å². The standard InChI is InChI=1S/C14H26N2O/c1-14(2,13(15)17)8-12-7-10-5-3-4-6-11(10)9-16-12/h10-12,16H,3-9H2,1-2H3,(H2,15,17)/t10-,11+,12+/m1/s1. The van der Waals surface area contributed by atoms with Crippen LogP contribution in [0.5, 0.6) is 0 Å². The van der Waals surface area contributed by atoms with E-state index in [1.807, 2.05) is 13.8 Å². The van der Waals surface area contributed by atoms with Gasteiger partial charge in [-0.15, -0.1) is 0 Å². The second-order valence-electron chi connectivity index (χ2n) is 6.60. The summed E-state index contributed by atoms with van der Waals surface area (Å²) in [5.74, 6) is 1.60. The lowest BCUT2D eigenvalue weighted by Gasteiger charge is -2.41. The van der Waals surface area contributed by atoms with E-state index in [4.69, 9.17) is 5.73 Å². The average molecular weight is 238 g/mol. The van der Waals surface area contributed by atoms with Crippen LogP contribution < -0.4 is 11.1 Å². The van der Waals surface area contributed by atoms with Crippen molar-refractivity contribution in [3.05, 3.63) is 0 Å². The average Bonchev–Trinajstić information content (AvgIpc) is 2.28. The van der Waals surface area contributed by atoms with Crippen molar-refractivity contribution >= 4 is 5.91 Å². The predicted octanol–water partition coefficient (Wildman–Crippen LogP) is 2.06. The van der Waals surface area contributed by atoms with Gasteiger partial charge in [-0.2, -0.15) is 0 Å². The lowest BCUT2D eigenvalue weighted by molar-refractivity contribution is -0.126. The van der Waals surface area contributed by atoms with Crippen molar-refractivity contribution in [2.75, 3.05) is 6.54 Å². The molecule has 0 unspecified atom stereocenters. The van der Waals surface area contributed by atoms with Crippen LogP contribution in [0.3, 0.4) is 0 Å². The molecule has 0 aromatic rings. The summed E-state index contributed by atoms with van der Waals surface area (Å²) in [6.45, 7) is 5.07. The maximum absolute atomic E-state index is 11.4. The van der Waals surface area contributed by atoms with E-state index >= 15 is 0 Å². The molecular weight excluding hydrogens is 212 g/mol. The Bertz CT molecular complexity index is 288. The van der Waals surface area contributed by atoms with E-state index < -0.39 is 0 Å². The van der Waals surface area contributed by atoms with Crippen LogP contribution in [0.15, 0.2) is 0 Å². The minimum atomic E-state index is -0.376. The van der Waals surface area contributed by atoms with Gasteiger partial charge in [0.15, 0.2) is 0 Å². The minimum Gasteiger partial charge on any atom is -0.369 e. The Kier molecular flexibility index (Phi) is 3.76. The number of amides is 1. The zero-order chi connectivity index (χ0) is 12.5. The van der Waals surface area contributed by atoms with Gasteiger partial charge in [0, 0.05) is 11.5 Å². The van der Waals surface area contributed by atoms with Crippen molar-refractivity contribution < 1.29 is 4.79 Å². The van der Waals surface area contributed by atoms with Crippen LogP contribution in [0.25, 0.3) is 0 Å². The Morgan fingerprint density at radius 1 is 1.29 bits per heavy atom. The van der Waals surface area contributed by atoms with Crippen molar-refractivity contribution in [3.8, 4) is 0 Å². The van der Waals surface area contributed by atoms with Gasteiger partial charge in [0.2, 0.25) is 5.91 Å². The number of piperidine rings is 1. The molecule has 0 bridgehead atoms. The summed E-state index contributed by atoms with van der Waals surface area (Å²) < 4.78 is 0. The van der Waals surface area contributed by atoms with Gasteiger partial charge in [-0.1, -0.05) is 33.1 Å². The van der Waals surface area contributed by atoms with Crippen molar-refractivity contribution in [2.45, 2.75) is 58.4 Å². The van der Waals surface area contributed by atoms with Crippen LogP contribution in [0, 0.1) is 17.3 Å². The third kappa shape index (κ3) is 3.01. The first kappa shape index (κ1) is 12.9. The number of nitrogens with two attached hydrogens (primary N) is 1. The minimum absolute atomic E-state index is 0.176. The SMILES string of the molecule is CC(C)(C[C@@H]1C[C@H]2CCCC[C@H]2CN1)C(N)=O. The molecular formula is C14H26N2O. The molecule has 0 aromatic heterocycles. The number of carbonyl (C=O) groups is 1. The summed E-state index contributed by atoms with van der Waals surface area (Å²) in [6, 6.07) is 0.483. The number of nitrogens with one attached hydrogen (secondary N) is 1. The molecule has 98 valence electrons. The van der Waals surface area contributed by atoms with Crippen LogP contribution in [0.2, 0.25) is 0 Å². The van der Waals surface area contributed by atoms with Gasteiger partial charge in [0.05, 0.1) is 0 Å². The largest absolute Gasteiger partial charge is 0.369 e. The quantitative estimate of drug-likeness (QED) is 0.790. The smallest absolute Gasteiger partial charge is 0.223 e. The molecule has 3 heteroatoms. The van der Waals surface area contributed by atoms with Crippen LogP contribution in [-0.4, -0.2) is 18.5 Å². The Balaban J connectivity index is 1.89. The highest BCUT2D eigenvalue weighted by Gasteiger charge is 2.35. The van der Waals surface area contributed by atoms with Gasteiger partial charge in [-0.25, -0.2) is 0 Å². The van der Waals surface area contributed by atoms with Crippen molar-refractivity contribution in [3.63, 3.8) is 0 Å². The molecule has 1 amide bonds. The van der Waals surface area contributed by atoms with E-state index in [0.29, 0.717) is 6.04 Å². The van der Waals surface area contributed by atoms with E-state index in [9.17, 15) is 4.79 Å². The van der Waals surface area contributed by atoms with Gasteiger partial charge < -0.3 is 11.1 Å². The van der Waals surface area contributed by atoms with Gasteiger partial charge in [-0.05, 0) is 37.6 Å². The maximum Gasteiger partial charge on any atom is 0.223 e. The fraction of sp³-hybridized carbons (Fsp3) is 0.929. The lowest BCUT2D eigenvalue weighted by Crippen LogP contribution is -2.48. The van der Waals surface area contributed by atoms with Gasteiger partial charge in [0.1, 0.15) is 0 Å². The molecule has 0 spiro atoms. The molecule has 1 saturated carbocycles. The number of rotatable bonds is 3. The molecule has 1 aliphatic heterocycles. The highest BCUT2D eigenvalue weighted by molar-refractivity contribution is 5.79. The molecule has 2 aliphatic rings. The van der Waals surface area contributed by atoms with E-state index in [1.165, 1.54) is 32.1 Å². The van der Waals surface area contributed by atoms with Gasteiger partial charge >= 0.3 is 0 Å². The normalized spacial score (nSPS) is 34.1. The second kappa shape index (κ2) is 4.97. The molecule has 1 saturated heterocycles. The van der Waals surface area contributed by atoms with Crippen molar-refractivity contribution in [1.82, 2.24) is 5.32 Å². The molecule has 17 heavy (non-hydrogen) atoms. The molecule has 1 heterocycles. The Morgan fingerprint density at radius 3 is 2.59 bits per heavy atom. The number of hydrogen-bond donors (Lipinski definition) is 2.